The van der Waals surface area contributed by atoms with Gasteiger partial charge in [0.15, 0.2) is 6.29 Å². The van der Waals surface area contributed by atoms with Crippen LogP contribution >= 0.6 is 0 Å². The van der Waals surface area contributed by atoms with Crippen LogP contribution in [0.5, 0.6) is 0 Å². The van der Waals surface area contributed by atoms with Gasteiger partial charge in [-0.2, -0.15) is 5.10 Å². The van der Waals surface area contributed by atoms with E-state index in [2.05, 4.69) is 41.8 Å². The van der Waals surface area contributed by atoms with Crippen molar-refractivity contribution in [2.45, 2.75) is 56.5 Å². The zero-order valence-corrected chi connectivity index (χ0v) is 23.3. The van der Waals surface area contributed by atoms with Crippen molar-refractivity contribution >= 4 is 40.7 Å². The van der Waals surface area contributed by atoms with E-state index >= 15 is 0 Å². The molecule has 2 aliphatic carbocycles. The molecule has 1 saturated heterocycles. The first kappa shape index (κ1) is 26.9. The smallest absolute Gasteiger partial charge is 0.252 e. The Morgan fingerprint density at radius 2 is 1.88 bits per heavy atom. The summed E-state index contributed by atoms with van der Waals surface area (Å²) >= 11 is 0. The topological polar surface area (TPSA) is 161 Å². The van der Waals surface area contributed by atoms with Crippen molar-refractivity contribution in [2.75, 3.05) is 11.9 Å². The third-order valence-corrected chi connectivity index (χ3v) is 8.52. The van der Waals surface area contributed by atoms with Crippen molar-refractivity contribution in [2.24, 2.45) is 5.92 Å². The van der Waals surface area contributed by atoms with Gasteiger partial charge in [-0.15, -0.1) is 0 Å². The Kier molecular flexibility index (Phi) is 6.88. The molecule has 0 bridgehead atoms. The number of aldehydes is 1. The molecule has 2 saturated carbocycles. The number of fused-ring (bicyclic) bond motifs is 1. The van der Waals surface area contributed by atoms with E-state index in [9.17, 15) is 19.2 Å². The normalized spacial score (nSPS) is 21.6. The quantitative estimate of drug-likeness (QED) is 0.200. The van der Waals surface area contributed by atoms with Gasteiger partial charge in [0.25, 0.3) is 5.91 Å². The van der Waals surface area contributed by atoms with Crippen molar-refractivity contribution < 1.29 is 19.2 Å². The Balaban J connectivity index is 1.00. The summed E-state index contributed by atoms with van der Waals surface area (Å²) in [6.45, 7) is 0.704. The maximum Gasteiger partial charge on any atom is 0.252 e. The number of imide groups is 1. The third kappa shape index (κ3) is 5.36. The number of hydrogen-bond donors (Lipinski definition) is 3. The maximum atomic E-state index is 12.9. The van der Waals surface area contributed by atoms with Crippen LogP contribution in [0.25, 0.3) is 22.3 Å². The number of carbonyl (C=O) groups excluding carboxylic acids is 4. The number of hydrogen-bond acceptors (Lipinski definition) is 9. The minimum atomic E-state index is -0.819. The third-order valence-electron chi connectivity index (χ3n) is 8.52. The first-order chi connectivity index (χ1) is 21.0. The molecule has 4 heterocycles. The molecule has 0 spiro atoms. The fourth-order valence-corrected chi connectivity index (χ4v) is 5.91. The number of carbonyl (C=O) groups is 4. The summed E-state index contributed by atoms with van der Waals surface area (Å²) in [5.74, 6) is -0.562. The van der Waals surface area contributed by atoms with Gasteiger partial charge in [-0.3, -0.25) is 44.1 Å². The van der Waals surface area contributed by atoms with Crippen LogP contribution in [0.1, 0.15) is 76.9 Å². The number of amides is 3. The van der Waals surface area contributed by atoms with E-state index in [1.165, 1.54) is 0 Å². The van der Waals surface area contributed by atoms with E-state index in [0.29, 0.717) is 30.4 Å². The molecule has 218 valence electrons. The van der Waals surface area contributed by atoms with Crippen LogP contribution in [0.15, 0.2) is 49.1 Å². The molecule has 3 aromatic heterocycles. The highest BCUT2D eigenvalue weighted by Crippen LogP contribution is 2.46. The Morgan fingerprint density at radius 1 is 1.05 bits per heavy atom. The lowest BCUT2D eigenvalue weighted by Crippen LogP contribution is -2.52. The predicted molar refractivity (Wildman–Crippen MR) is 156 cm³/mol. The molecule has 1 aromatic carbocycles. The summed E-state index contributed by atoms with van der Waals surface area (Å²) in [5, 5.41) is 13.3. The fourth-order valence-electron chi connectivity index (χ4n) is 5.91. The van der Waals surface area contributed by atoms with Gasteiger partial charge in [-0.05, 0) is 62.3 Å². The zero-order chi connectivity index (χ0) is 29.5. The molecule has 43 heavy (non-hydrogen) atoms. The van der Waals surface area contributed by atoms with E-state index in [0.717, 1.165) is 53.7 Å². The number of anilines is 1. The van der Waals surface area contributed by atoms with Crippen molar-refractivity contribution in [3.05, 3.63) is 65.9 Å². The minimum absolute atomic E-state index is 0.150. The highest BCUT2D eigenvalue weighted by Gasteiger charge is 2.35. The van der Waals surface area contributed by atoms with Gasteiger partial charge in [0.2, 0.25) is 11.8 Å². The van der Waals surface area contributed by atoms with E-state index in [4.69, 9.17) is 5.10 Å². The minimum Gasteiger partial charge on any atom is -0.385 e. The fraction of sp³-hybridized carbons (Fsp3) is 0.355. The molecule has 0 radical (unpaired) electrons. The first-order valence-electron chi connectivity index (χ1n) is 14.6. The predicted octanol–water partition coefficient (Wildman–Crippen LogP) is 3.18. The maximum absolute atomic E-state index is 12.9. The zero-order valence-electron chi connectivity index (χ0n) is 23.3. The Labute approximate surface area is 246 Å². The van der Waals surface area contributed by atoms with Crippen molar-refractivity contribution in [1.82, 2.24) is 35.4 Å². The summed E-state index contributed by atoms with van der Waals surface area (Å²) < 4.78 is 2.09. The van der Waals surface area contributed by atoms with Gasteiger partial charge < -0.3 is 10.6 Å². The van der Waals surface area contributed by atoms with Gasteiger partial charge in [0.1, 0.15) is 17.3 Å². The number of nitrogens with zero attached hydrogens (tertiary/aromatic N) is 5. The average molecular weight is 579 g/mol. The summed E-state index contributed by atoms with van der Waals surface area (Å²) in [5.41, 5.74) is 5.67. The second-order valence-corrected chi connectivity index (χ2v) is 11.5. The summed E-state index contributed by atoms with van der Waals surface area (Å²) in [7, 11) is 0. The van der Waals surface area contributed by atoms with Crippen LogP contribution < -0.4 is 16.0 Å². The number of aromatic nitrogens is 5. The molecular weight excluding hydrogens is 548 g/mol. The SMILES string of the molecule is O=Cc1ccc(NCC2CC(n3cc(-c4nccc5nccnc45)c(C4CC4)n3)C2)cc1C(=O)NC1CCC(=O)NC1=O. The number of pyridine rings is 1. The first-order valence-corrected chi connectivity index (χ1v) is 14.6. The number of piperidine rings is 1. The van der Waals surface area contributed by atoms with Crippen LogP contribution in [-0.4, -0.2) is 61.3 Å². The number of benzene rings is 1. The molecule has 12 heteroatoms. The van der Waals surface area contributed by atoms with Gasteiger partial charge >= 0.3 is 0 Å². The van der Waals surface area contributed by atoms with E-state index < -0.39 is 17.9 Å². The second-order valence-electron chi connectivity index (χ2n) is 11.5. The molecule has 12 nitrogen and oxygen atoms in total. The Morgan fingerprint density at radius 3 is 2.67 bits per heavy atom. The largest absolute Gasteiger partial charge is 0.385 e. The average Bonchev–Trinajstić information content (AvgIpc) is 3.76. The van der Waals surface area contributed by atoms with Gasteiger partial charge in [-0.25, -0.2) is 0 Å². The lowest BCUT2D eigenvalue weighted by atomic mass is 9.80. The standard InChI is InChI=1S/C31H30N8O4/c40-16-19-3-4-20(13-22(19)30(42)36-25-5-6-26(41)37-31(25)43)35-14-17-11-21(12-17)39-15-23(27(38-39)18-1-2-18)28-29-24(7-8-33-28)32-9-10-34-29/h3-4,7-10,13,15-18,21,25,35H,1-2,5-6,11-12,14H2,(H,36,42)(H,37,41,43). The molecule has 1 unspecified atom stereocenters. The van der Waals surface area contributed by atoms with Crippen LogP contribution in [0.2, 0.25) is 0 Å². The highest BCUT2D eigenvalue weighted by atomic mass is 16.2. The van der Waals surface area contributed by atoms with Crippen molar-refractivity contribution in [3.63, 3.8) is 0 Å². The highest BCUT2D eigenvalue weighted by molar-refractivity contribution is 6.06. The molecule has 4 aromatic rings. The molecule has 3 amide bonds. The molecule has 3 aliphatic rings. The monoisotopic (exact) mass is 578 g/mol. The molecule has 3 fully saturated rings. The number of nitrogens with one attached hydrogen (secondary N) is 3. The molecule has 3 N–H and O–H groups in total. The lowest BCUT2D eigenvalue weighted by Gasteiger charge is -2.35. The number of rotatable bonds is 9. The van der Waals surface area contributed by atoms with Crippen LogP contribution in [0.4, 0.5) is 5.69 Å². The van der Waals surface area contributed by atoms with Crippen LogP contribution in [-0.2, 0) is 9.59 Å². The summed E-state index contributed by atoms with van der Waals surface area (Å²) in [6.07, 6.45) is 12.4. The molecule has 1 atom stereocenters. The van der Waals surface area contributed by atoms with Crippen molar-refractivity contribution in [1.29, 1.82) is 0 Å². The molecular formula is C31H30N8O4. The van der Waals surface area contributed by atoms with E-state index in [1.54, 1.807) is 36.8 Å². The lowest BCUT2D eigenvalue weighted by molar-refractivity contribution is -0.134. The van der Waals surface area contributed by atoms with Crippen molar-refractivity contribution in [3.8, 4) is 11.3 Å². The summed E-state index contributed by atoms with van der Waals surface area (Å²) in [6, 6.07) is 6.32. The Hall–Kier alpha value is -5.00. The van der Waals surface area contributed by atoms with E-state index in [1.807, 2.05) is 6.07 Å². The molecule has 1 aliphatic heterocycles. The molecule has 7 rings (SSSR count). The Bertz CT molecular complexity index is 1750. The summed E-state index contributed by atoms with van der Waals surface area (Å²) in [4.78, 5) is 61.7. The van der Waals surface area contributed by atoms with Gasteiger partial charge in [0.05, 0.1) is 22.8 Å². The van der Waals surface area contributed by atoms with Gasteiger partial charge in [-0.1, -0.05) is 0 Å². The second kappa shape index (κ2) is 11.0. The van der Waals surface area contributed by atoms with E-state index in [-0.39, 0.29) is 35.9 Å². The van der Waals surface area contributed by atoms with Crippen LogP contribution in [0, 0.1) is 5.92 Å². The van der Waals surface area contributed by atoms with Gasteiger partial charge in [0, 0.05) is 60.5 Å². The van der Waals surface area contributed by atoms with Crippen LogP contribution in [0.3, 0.4) is 0 Å².